The van der Waals surface area contributed by atoms with Gasteiger partial charge in [0.05, 0.1) is 12.2 Å². The van der Waals surface area contributed by atoms with Crippen LogP contribution in [0.25, 0.3) is 0 Å². The predicted octanol–water partition coefficient (Wildman–Crippen LogP) is -0.331. The van der Waals surface area contributed by atoms with E-state index in [0.717, 1.165) is 0 Å². The normalized spacial score (nSPS) is 31.8. The average molecular weight is 272 g/mol. The number of hydrogen-bond donors (Lipinski definition) is 3. The first-order valence-corrected chi connectivity index (χ1v) is 6.35. The van der Waals surface area contributed by atoms with Crippen LogP contribution in [0.5, 0.6) is 0 Å². The van der Waals surface area contributed by atoms with E-state index < -0.39 is 29.7 Å². The maximum atomic E-state index is 11.8. The third-order valence-corrected chi connectivity index (χ3v) is 3.64. The van der Waals surface area contributed by atoms with Gasteiger partial charge in [-0.05, 0) is 6.92 Å². The molecule has 1 fully saturated rings. The van der Waals surface area contributed by atoms with Gasteiger partial charge in [0, 0.05) is 23.4 Å². The number of aliphatic hydroxyl groups is 1. The number of H-pyrrole nitrogens is 1. The molecule has 0 amide bonds. The van der Waals surface area contributed by atoms with Crippen LogP contribution in [0, 0.1) is 12.8 Å². The SMILES string of the molecule is Cc1cn([C@@H]2O[C@H](CS)[C@@H](O)C2C)c(=O)[nH]c1=O. The standard InChI is InChI=1S/C11H16N2O4S/c1-5-3-13(11(16)12-9(5)15)10-6(2)8(14)7(4-18)17-10/h3,6-8,10,14,18H,4H2,1-2H3,(H,12,15,16)/t6?,7-,8+,10-/m1/s1. The summed E-state index contributed by atoms with van der Waals surface area (Å²) < 4.78 is 6.92. The van der Waals surface area contributed by atoms with Crippen molar-refractivity contribution in [3.63, 3.8) is 0 Å². The zero-order valence-corrected chi connectivity index (χ0v) is 11.1. The predicted molar refractivity (Wildman–Crippen MR) is 69.0 cm³/mol. The third-order valence-electron chi connectivity index (χ3n) is 3.28. The van der Waals surface area contributed by atoms with E-state index in [2.05, 4.69) is 17.6 Å². The van der Waals surface area contributed by atoms with Gasteiger partial charge in [-0.2, -0.15) is 12.6 Å². The molecular weight excluding hydrogens is 256 g/mol. The quantitative estimate of drug-likeness (QED) is 0.644. The molecular formula is C11H16N2O4S. The van der Waals surface area contributed by atoms with Gasteiger partial charge in [-0.1, -0.05) is 6.92 Å². The van der Waals surface area contributed by atoms with Crippen molar-refractivity contribution >= 4 is 12.6 Å². The Balaban J connectivity index is 2.42. The van der Waals surface area contributed by atoms with Gasteiger partial charge in [0.15, 0.2) is 0 Å². The number of hydrogen-bond acceptors (Lipinski definition) is 5. The van der Waals surface area contributed by atoms with E-state index in [-0.39, 0.29) is 5.92 Å². The summed E-state index contributed by atoms with van der Waals surface area (Å²) in [6.07, 6.45) is -0.213. The van der Waals surface area contributed by atoms with Gasteiger partial charge in [0.25, 0.3) is 5.56 Å². The topological polar surface area (TPSA) is 84.3 Å². The molecule has 0 aliphatic carbocycles. The Kier molecular flexibility index (Phi) is 3.65. The number of aromatic nitrogens is 2. The maximum Gasteiger partial charge on any atom is 0.330 e. The lowest BCUT2D eigenvalue weighted by Crippen LogP contribution is -2.35. The number of aliphatic hydroxyl groups excluding tert-OH is 1. The molecule has 0 spiro atoms. The lowest BCUT2D eigenvalue weighted by atomic mass is 10.0. The monoisotopic (exact) mass is 272 g/mol. The van der Waals surface area contributed by atoms with Crippen molar-refractivity contribution in [3.8, 4) is 0 Å². The molecule has 1 aliphatic rings. The first-order valence-electron chi connectivity index (χ1n) is 5.72. The Labute approximate surface area is 109 Å². The molecule has 100 valence electrons. The number of aromatic amines is 1. The maximum absolute atomic E-state index is 11.8. The van der Waals surface area contributed by atoms with Gasteiger partial charge < -0.3 is 9.84 Å². The minimum absolute atomic E-state index is 0.245. The van der Waals surface area contributed by atoms with E-state index in [9.17, 15) is 14.7 Å². The summed E-state index contributed by atoms with van der Waals surface area (Å²) in [7, 11) is 0. The van der Waals surface area contributed by atoms with Crippen LogP contribution in [0.1, 0.15) is 18.7 Å². The van der Waals surface area contributed by atoms with Crippen LogP contribution in [-0.2, 0) is 4.74 Å². The molecule has 1 aliphatic heterocycles. The summed E-state index contributed by atoms with van der Waals surface area (Å²) in [5.74, 6) is 0.129. The van der Waals surface area contributed by atoms with Crippen molar-refractivity contribution < 1.29 is 9.84 Å². The largest absolute Gasteiger partial charge is 0.390 e. The Bertz CT molecular complexity index is 553. The first-order chi connectivity index (χ1) is 8.45. The highest BCUT2D eigenvalue weighted by molar-refractivity contribution is 7.80. The Morgan fingerprint density at radius 2 is 2.22 bits per heavy atom. The van der Waals surface area contributed by atoms with Gasteiger partial charge in [0.1, 0.15) is 6.23 Å². The molecule has 1 aromatic heterocycles. The molecule has 4 atom stereocenters. The fourth-order valence-corrected chi connectivity index (χ4v) is 2.44. The molecule has 0 saturated carbocycles. The van der Waals surface area contributed by atoms with Gasteiger partial charge >= 0.3 is 5.69 Å². The summed E-state index contributed by atoms with van der Waals surface area (Å²) in [5.41, 5.74) is -0.517. The third kappa shape index (κ3) is 2.13. The second kappa shape index (κ2) is 4.91. The van der Waals surface area contributed by atoms with E-state index in [4.69, 9.17) is 4.74 Å². The summed E-state index contributed by atoms with van der Waals surface area (Å²) in [6, 6.07) is 0. The highest BCUT2D eigenvalue weighted by atomic mass is 32.1. The number of aryl methyl sites for hydroxylation is 1. The van der Waals surface area contributed by atoms with E-state index in [1.807, 2.05) is 0 Å². The second-order valence-corrected chi connectivity index (χ2v) is 4.94. The van der Waals surface area contributed by atoms with Crippen LogP contribution in [0.15, 0.2) is 15.8 Å². The summed E-state index contributed by atoms with van der Waals surface area (Å²) >= 11 is 4.10. The fourth-order valence-electron chi connectivity index (χ4n) is 2.14. The van der Waals surface area contributed by atoms with Crippen molar-refractivity contribution in [2.75, 3.05) is 5.75 Å². The molecule has 0 bridgehead atoms. The van der Waals surface area contributed by atoms with Crippen molar-refractivity contribution in [2.24, 2.45) is 5.92 Å². The van der Waals surface area contributed by atoms with E-state index in [0.29, 0.717) is 11.3 Å². The molecule has 1 aromatic rings. The van der Waals surface area contributed by atoms with Crippen LogP contribution in [0.4, 0.5) is 0 Å². The minimum atomic E-state index is -0.674. The van der Waals surface area contributed by atoms with E-state index in [1.54, 1.807) is 13.8 Å². The lowest BCUT2D eigenvalue weighted by Gasteiger charge is -2.18. The highest BCUT2D eigenvalue weighted by Crippen LogP contribution is 2.33. The molecule has 2 N–H and O–H groups in total. The zero-order chi connectivity index (χ0) is 13.4. The van der Waals surface area contributed by atoms with E-state index >= 15 is 0 Å². The fraction of sp³-hybridized carbons (Fsp3) is 0.636. The van der Waals surface area contributed by atoms with Crippen LogP contribution in [0.2, 0.25) is 0 Å². The van der Waals surface area contributed by atoms with Crippen molar-refractivity contribution in [1.82, 2.24) is 9.55 Å². The van der Waals surface area contributed by atoms with Gasteiger partial charge in [-0.25, -0.2) is 4.79 Å². The Hall–Kier alpha value is -1.05. The number of rotatable bonds is 2. The summed E-state index contributed by atoms with van der Waals surface area (Å²) in [4.78, 5) is 25.3. The molecule has 0 radical (unpaired) electrons. The van der Waals surface area contributed by atoms with Gasteiger partial charge in [0.2, 0.25) is 0 Å². The van der Waals surface area contributed by atoms with E-state index in [1.165, 1.54) is 10.8 Å². The van der Waals surface area contributed by atoms with Crippen molar-refractivity contribution in [3.05, 3.63) is 32.6 Å². The van der Waals surface area contributed by atoms with Crippen molar-refractivity contribution in [2.45, 2.75) is 32.3 Å². The number of ether oxygens (including phenoxy) is 1. The van der Waals surface area contributed by atoms with Crippen LogP contribution >= 0.6 is 12.6 Å². The van der Waals surface area contributed by atoms with Crippen LogP contribution in [-0.4, -0.2) is 32.6 Å². The van der Waals surface area contributed by atoms with Gasteiger partial charge in [-0.3, -0.25) is 14.3 Å². The molecule has 18 heavy (non-hydrogen) atoms. The lowest BCUT2D eigenvalue weighted by molar-refractivity contribution is -0.0119. The molecule has 1 saturated heterocycles. The Morgan fingerprint density at radius 3 is 2.78 bits per heavy atom. The molecule has 2 heterocycles. The molecule has 0 aromatic carbocycles. The smallest absolute Gasteiger partial charge is 0.330 e. The molecule has 6 nitrogen and oxygen atoms in total. The second-order valence-electron chi connectivity index (χ2n) is 4.58. The highest BCUT2D eigenvalue weighted by Gasteiger charge is 2.41. The van der Waals surface area contributed by atoms with Crippen LogP contribution in [0.3, 0.4) is 0 Å². The van der Waals surface area contributed by atoms with Crippen LogP contribution < -0.4 is 11.2 Å². The molecule has 2 rings (SSSR count). The number of nitrogens with zero attached hydrogens (tertiary/aromatic N) is 1. The minimum Gasteiger partial charge on any atom is -0.390 e. The summed E-state index contributed by atoms with van der Waals surface area (Å²) in [6.45, 7) is 3.41. The number of nitrogens with one attached hydrogen (secondary N) is 1. The van der Waals surface area contributed by atoms with Gasteiger partial charge in [-0.15, -0.1) is 0 Å². The van der Waals surface area contributed by atoms with Crippen molar-refractivity contribution in [1.29, 1.82) is 0 Å². The number of thiol groups is 1. The molecule has 1 unspecified atom stereocenters. The average Bonchev–Trinajstić information content (AvgIpc) is 2.61. The molecule has 7 heteroatoms. The Morgan fingerprint density at radius 1 is 1.56 bits per heavy atom. The summed E-state index contributed by atoms with van der Waals surface area (Å²) in [5, 5.41) is 9.94. The zero-order valence-electron chi connectivity index (χ0n) is 10.2. The first kappa shape index (κ1) is 13.4.